The number of hydrogen-bond acceptors (Lipinski definition) is 3. The maximum atomic E-state index is 12.1. The van der Waals surface area contributed by atoms with E-state index in [-0.39, 0.29) is 10.8 Å². The molecule has 0 radical (unpaired) electrons. The quantitative estimate of drug-likeness (QED) is 0.914. The zero-order chi connectivity index (χ0) is 13.9. The minimum Gasteiger partial charge on any atom is -0.496 e. The number of ether oxygens (including phenoxy) is 1. The van der Waals surface area contributed by atoms with E-state index in [2.05, 4.69) is 0 Å². The molecule has 0 spiro atoms. The zero-order valence-electron chi connectivity index (χ0n) is 11.8. The van der Waals surface area contributed by atoms with Gasteiger partial charge >= 0.3 is 0 Å². The van der Waals surface area contributed by atoms with Crippen molar-refractivity contribution in [3.63, 3.8) is 0 Å². The summed E-state index contributed by atoms with van der Waals surface area (Å²) < 4.78 is 17.2. The van der Waals surface area contributed by atoms with Gasteiger partial charge in [-0.3, -0.25) is 4.21 Å². The molecule has 0 bridgehead atoms. The molecule has 2 N–H and O–H groups in total. The lowest BCUT2D eigenvalue weighted by atomic mass is 10.1. The van der Waals surface area contributed by atoms with Gasteiger partial charge < -0.3 is 10.5 Å². The van der Waals surface area contributed by atoms with Gasteiger partial charge in [0.15, 0.2) is 0 Å². The molecule has 2 atom stereocenters. The van der Waals surface area contributed by atoms with Crippen LogP contribution in [0, 0.1) is 6.92 Å². The van der Waals surface area contributed by atoms with E-state index in [0.29, 0.717) is 5.75 Å². The highest BCUT2D eigenvalue weighted by Gasteiger charge is 2.23. The molecule has 1 rings (SSSR count). The molecule has 0 aliphatic rings. The van der Waals surface area contributed by atoms with E-state index in [4.69, 9.17) is 10.5 Å². The fourth-order valence-corrected chi connectivity index (χ4v) is 2.65. The second-order valence-electron chi connectivity index (χ2n) is 5.48. The van der Waals surface area contributed by atoms with Crippen LogP contribution < -0.4 is 10.5 Å². The Labute approximate surface area is 112 Å². The van der Waals surface area contributed by atoms with Crippen LogP contribution in [-0.4, -0.2) is 21.8 Å². The summed E-state index contributed by atoms with van der Waals surface area (Å²) in [5, 5.41) is 0. The van der Waals surface area contributed by atoms with Crippen LogP contribution in [0.4, 0.5) is 0 Å². The standard InChI is InChI=1S/C14H23NO2S/c1-10-6-7-13(17-5)11(8-10)12(15)9-18(16)14(2,3)4/h6-8,12H,9,15H2,1-5H3. The maximum absolute atomic E-state index is 12.1. The van der Waals surface area contributed by atoms with Crippen LogP contribution in [0.5, 0.6) is 5.75 Å². The molecule has 0 aliphatic heterocycles. The summed E-state index contributed by atoms with van der Waals surface area (Å²) in [6.07, 6.45) is 0. The van der Waals surface area contributed by atoms with Gasteiger partial charge in [0, 0.05) is 32.9 Å². The molecule has 0 aromatic heterocycles. The predicted octanol–water partition coefficient (Wildman–Crippen LogP) is 2.55. The molecule has 0 saturated heterocycles. The van der Waals surface area contributed by atoms with Crippen molar-refractivity contribution in [2.24, 2.45) is 5.73 Å². The van der Waals surface area contributed by atoms with Gasteiger partial charge in [-0.2, -0.15) is 0 Å². The van der Waals surface area contributed by atoms with Gasteiger partial charge in [0.1, 0.15) is 5.75 Å². The van der Waals surface area contributed by atoms with E-state index < -0.39 is 10.8 Å². The molecule has 0 amide bonds. The third kappa shape index (κ3) is 3.82. The summed E-state index contributed by atoms with van der Waals surface area (Å²) in [7, 11) is 0.661. The zero-order valence-corrected chi connectivity index (χ0v) is 12.6. The van der Waals surface area contributed by atoms with Crippen molar-refractivity contribution < 1.29 is 8.95 Å². The second-order valence-corrected chi connectivity index (χ2v) is 7.73. The monoisotopic (exact) mass is 269 g/mol. The number of rotatable bonds is 4. The van der Waals surface area contributed by atoms with Crippen LogP contribution in [0.3, 0.4) is 0 Å². The van der Waals surface area contributed by atoms with Crippen LogP contribution >= 0.6 is 0 Å². The van der Waals surface area contributed by atoms with Crippen molar-refractivity contribution >= 4 is 10.8 Å². The van der Waals surface area contributed by atoms with Crippen LogP contribution in [-0.2, 0) is 10.8 Å². The molecule has 2 unspecified atom stereocenters. The van der Waals surface area contributed by atoms with Gasteiger partial charge in [-0.05, 0) is 33.8 Å². The van der Waals surface area contributed by atoms with Crippen LogP contribution in [0.1, 0.15) is 37.9 Å². The van der Waals surface area contributed by atoms with E-state index in [9.17, 15) is 4.21 Å². The normalized spacial score (nSPS) is 15.2. The topological polar surface area (TPSA) is 52.3 Å². The van der Waals surface area contributed by atoms with Crippen LogP contribution in [0.2, 0.25) is 0 Å². The molecule has 0 saturated carbocycles. The third-order valence-corrected chi connectivity index (χ3v) is 4.83. The van der Waals surface area contributed by atoms with E-state index >= 15 is 0 Å². The van der Waals surface area contributed by atoms with Gasteiger partial charge in [-0.1, -0.05) is 17.7 Å². The number of nitrogens with two attached hydrogens (primary N) is 1. The number of hydrogen-bond donors (Lipinski definition) is 1. The first-order valence-electron chi connectivity index (χ1n) is 6.04. The average molecular weight is 269 g/mol. The van der Waals surface area contributed by atoms with E-state index in [0.717, 1.165) is 16.9 Å². The molecule has 1 aromatic carbocycles. The summed E-state index contributed by atoms with van der Waals surface area (Å²) in [5.74, 6) is 1.21. The van der Waals surface area contributed by atoms with Crippen molar-refractivity contribution in [3.05, 3.63) is 29.3 Å². The molecule has 4 heteroatoms. The first-order valence-corrected chi connectivity index (χ1v) is 7.36. The Balaban J connectivity index is 2.93. The molecule has 0 aliphatic carbocycles. The van der Waals surface area contributed by atoms with Crippen LogP contribution in [0.25, 0.3) is 0 Å². The van der Waals surface area contributed by atoms with Crippen molar-refractivity contribution in [1.82, 2.24) is 0 Å². The Morgan fingerprint density at radius 3 is 2.50 bits per heavy atom. The highest BCUT2D eigenvalue weighted by Crippen LogP contribution is 2.27. The molecule has 0 heterocycles. The number of methoxy groups -OCH3 is 1. The fraction of sp³-hybridized carbons (Fsp3) is 0.571. The lowest BCUT2D eigenvalue weighted by Gasteiger charge is -2.22. The molecule has 0 fully saturated rings. The molecule has 3 nitrogen and oxygen atoms in total. The first kappa shape index (κ1) is 15.2. The second kappa shape index (κ2) is 5.85. The summed E-state index contributed by atoms with van der Waals surface area (Å²) in [5.41, 5.74) is 8.22. The van der Waals surface area contributed by atoms with E-state index in [1.807, 2.05) is 45.9 Å². The summed E-state index contributed by atoms with van der Waals surface area (Å²) in [6, 6.07) is 5.63. The summed E-state index contributed by atoms with van der Waals surface area (Å²) in [6.45, 7) is 7.90. The van der Waals surface area contributed by atoms with E-state index in [1.54, 1.807) is 7.11 Å². The van der Waals surface area contributed by atoms with Crippen LogP contribution in [0.15, 0.2) is 18.2 Å². The van der Waals surface area contributed by atoms with Crippen molar-refractivity contribution in [1.29, 1.82) is 0 Å². The Hall–Kier alpha value is -0.870. The number of benzene rings is 1. The summed E-state index contributed by atoms with van der Waals surface area (Å²) >= 11 is 0. The van der Waals surface area contributed by atoms with E-state index in [1.165, 1.54) is 0 Å². The molecular formula is C14H23NO2S. The minimum absolute atomic E-state index is 0.241. The maximum Gasteiger partial charge on any atom is 0.123 e. The first-order chi connectivity index (χ1) is 8.25. The lowest BCUT2D eigenvalue weighted by molar-refractivity contribution is 0.407. The molecular weight excluding hydrogens is 246 g/mol. The molecule has 1 aromatic rings. The van der Waals surface area contributed by atoms with Gasteiger partial charge in [-0.25, -0.2) is 0 Å². The Morgan fingerprint density at radius 2 is 2.00 bits per heavy atom. The lowest BCUT2D eigenvalue weighted by Crippen LogP contribution is -2.29. The number of aryl methyl sites for hydroxylation is 1. The SMILES string of the molecule is COc1ccc(C)cc1C(N)CS(=O)C(C)(C)C. The van der Waals surface area contributed by atoms with Gasteiger partial charge in [0.05, 0.1) is 7.11 Å². The van der Waals surface area contributed by atoms with Gasteiger partial charge in [0.25, 0.3) is 0 Å². The van der Waals surface area contributed by atoms with Crippen molar-refractivity contribution in [2.75, 3.05) is 12.9 Å². The van der Waals surface area contributed by atoms with Crippen molar-refractivity contribution in [2.45, 2.75) is 38.5 Å². The third-order valence-electron chi connectivity index (χ3n) is 2.80. The fourth-order valence-electron chi connectivity index (χ4n) is 1.65. The molecule has 18 heavy (non-hydrogen) atoms. The average Bonchev–Trinajstić information content (AvgIpc) is 2.27. The van der Waals surface area contributed by atoms with Gasteiger partial charge in [-0.15, -0.1) is 0 Å². The highest BCUT2D eigenvalue weighted by atomic mass is 32.2. The Morgan fingerprint density at radius 1 is 1.39 bits per heavy atom. The largest absolute Gasteiger partial charge is 0.496 e. The smallest absolute Gasteiger partial charge is 0.123 e. The minimum atomic E-state index is -0.965. The summed E-state index contributed by atoms with van der Waals surface area (Å²) in [4.78, 5) is 0. The van der Waals surface area contributed by atoms with Crippen molar-refractivity contribution in [3.8, 4) is 5.75 Å². The Kier molecular flexibility index (Phi) is 4.93. The Bertz CT molecular complexity index is 438. The predicted molar refractivity (Wildman–Crippen MR) is 77.4 cm³/mol. The molecule has 102 valence electrons. The van der Waals surface area contributed by atoms with Gasteiger partial charge in [0.2, 0.25) is 0 Å². The highest BCUT2D eigenvalue weighted by molar-refractivity contribution is 7.86.